The number of carbonyl (C=O) groups is 2. The Bertz CT molecular complexity index is 1180. The van der Waals surface area contributed by atoms with Crippen molar-refractivity contribution in [2.24, 2.45) is 0 Å². The molecule has 1 heterocycles. The van der Waals surface area contributed by atoms with E-state index in [4.69, 9.17) is 9.47 Å². The van der Waals surface area contributed by atoms with Crippen molar-refractivity contribution in [3.05, 3.63) is 89.5 Å². The number of amides is 2. The molecule has 1 saturated heterocycles. The number of carbonyl (C=O) groups excluding carboxylic acids is 2. The molecule has 1 fully saturated rings. The number of likely N-dealkylation sites (tertiary alicyclic amines) is 1. The molecule has 3 aromatic rings. The molecule has 2 atom stereocenters. The first-order valence-electron chi connectivity index (χ1n) is 10.3. The van der Waals surface area contributed by atoms with Gasteiger partial charge in [0.25, 0.3) is 5.91 Å². The van der Waals surface area contributed by atoms with Crippen LogP contribution in [0.2, 0.25) is 0 Å². The van der Waals surface area contributed by atoms with Crippen LogP contribution in [0.15, 0.2) is 66.7 Å². The first-order valence-corrected chi connectivity index (χ1v) is 10.3. The van der Waals surface area contributed by atoms with E-state index in [2.05, 4.69) is 5.32 Å². The topological polar surface area (TPSA) is 67.9 Å². The highest BCUT2D eigenvalue weighted by molar-refractivity contribution is 5.90. The van der Waals surface area contributed by atoms with E-state index in [1.54, 1.807) is 49.6 Å². The number of hydrogen-bond acceptors (Lipinski definition) is 4. The van der Waals surface area contributed by atoms with Gasteiger partial charge in [-0.05, 0) is 59.7 Å². The fraction of sp³-hybridized carbons (Fsp3) is 0.200. The standard InChI is InChI=1S/C25H22F2N2O4/c1-15(30)28-18-5-3-4-16(12-18)14-29-23(17-6-11-21(26)22(27)13-17)24(25(29)31)33-20-9-7-19(32-2)8-10-20/h3-13,23-24H,14H2,1-2H3,(H,28,30)/t23-,24-/m1/s1. The average Bonchev–Trinajstić information content (AvgIpc) is 2.80. The van der Waals surface area contributed by atoms with Gasteiger partial charge in [-0.3, -0.25) is 9.59 Å². The van der Waals surface area contributed by atoms with E-state index in [1.807, 2.05) is 6.07 Å². The number of β-lactam (4-membered cyclic amide) rings is 1. The Morgan fingerprint density at radius 3 is 2.39 bits per heavy atom. The van der Waals surface area contributed by atoms with E-state index in [0.717, 1.165) is 17.7 Å². The van der Waals surface area contributed by atoms with E-state index in [0.29, 0.717) is 22.7 Å². The lowest BCUT2D eigenvalue weighted by Crippen LogP contribution is -2.60. The second kappa shape index (κ2) is 9.28. The predicted molar refractivity (Wildman–Crippen MR) is 118 cm³/mol. The molecule has 0 unspecified atom stereocenters. The molecule has 0 spiro atoms. The van der Waals surface area contributed by atoms with Crippen molar-refractivity contribution in [2.75, 3.05) is 12.4 Å². The summed E-state index contributed by atoms with van der Waals surface area (Å²) in [6, 6.07) is 16.8. The summed E-state index contributed by atoms with van der Waals surface area (Å²) >= 11 is 0. The Balaban J connectivity index is 1.61. The third kappa shape index (κ3) is 4.79. The zero-order valence-corrected chi connectivity index (χ0v) is 18.0. The summed E-state index contributed by atoms with van der Waals surface area (Å²) in [6.07, 6.45) is -0.901. The summed E-state index contributed by atoms with van der Waals surface area (Å²) in [7, 11) is 1.54. The molecule has 0 radical (unpaired) electrons. The van der Waals surface area contributed by atoms with Crippen molar-refractivity contribution in [3.63, 3.8) is 0 Å². The van der Waals surface area contributed by atoms with Gasteiger partial charge in [-0.2, -0.15) is 0 Å². The Labute approximate surface area is 189 Å². The predicted octanol–water partition coefficient (Wildman–Crippen LogP) is 4.46. The zero-order valence-electron chi connectivity index (χ0n) is 18.0. The maximum atomic E-state index is 14.0. The summed E-state index contributed by atoms with van der Waals surface area (Å²) in [4.78, 5) is 25.9. The fourth-order valence-electron chi connectivity index (χ4n) is 3.81. The molecule has 8 heteroatoms. The Hall–Kier alpha value is -3.94. The molecule has 6 nitrogen and oxygen atoms in total. The van der Waals surface area contributed by atoms with Crippen molar-refractivity contribution < 1.29 is 27.8 Å². The summed E-state index contributed by atoms with van der Waals surface area (Å²) in [6.45, 7) is 1.62. The molecule has 2 amide bonds. The Morgan fingerprint density at radius 1 is 1.00 bits per heavy atom. The third-order valence-electron chi connectivity index (χ3n) is 5.36. The molecule has 170 valence electrons. The van der Waals surface area contributed by atoms with Gasteiger partial charge in [0, 0.05) is 19.2 Å². The summed E-state index contributed by atoms with van der Waals surface area (Å²) < 4.78 is 38.6. The minimum Gasteiger partial charge on any atom is -0.497 e. The molecular formula is C25H22F2N2O4. The van der Waals surface area contributed by atoms with Crippen LogP contribution < -0.4 is 14.8 Å². The fourth-order valence-corrected chi connectivity index (χ4v) is 3.81. The first-order chi connectivity index (χ1) is 15.9. The molecule has 3 aromatic carbocycles. The number of benzene rings is 3. The van der Waals surface area contributed by atoms with Crippen LogP contribution in [0.4, 0.5) is 14.5 Å². The van der Waals surface area contributed by atoms with Crippen LogP contribution in [-0.2, 0) is 16.1 Å². The minimum absolute atomic E-state index is 0.207. The summed E-state index contributed by atoms with van der Waals surface area (Å²) in [5.74, 6) is -1.37. The Kier molecular flexibility index (Phi) is 6.26. The second-order valence-corrected chi connectivity index (χ2v) is 7.68. The number of nitrogens with one attached hydrogen (secondary N) is 1. The number of rotatable bonds is 7. The van der Waals surface area contributed by atoms with Crippen LogP contribution in [0.1, 0.15) is 24.1 Å². The van der Waals surface area contributed by atoms with Gasteiger partial charge in [-0.25, -0.2) is 8.78 Å². The highest BCUT2D eigenvalue weighted by Gasteiger charge is 2.50. The SMILES string of the molecule is COc1ccc(O[C@H]2C(=O)N(Cc3cccc(NC(C)=O)c3)[C@@H]2c2ccc(F)c(F)c2)cc1. The largest absolute Gasteiger partial charge is 0.497 e. The van der Waals surface area contributed by atoms with Gasteiger partial charge < -0.3 is 19.7 Å². The van der Waals surface area contributed by atoms with E-state index >= 15 is 0 Å². The zero-order chi connectivity index (χ0) is 23.5. The van der Waals surface area contributed by atoms with Crippen LogP contribution >= 0.6 is 0 Å². The van der Waals surface area contributed by atoms with Gasteiger partial charge in [0.1, 0.15) is 17.5 Å². The van der Waals surface area contributed by atoms with Crippen molar-refractivity contribution in [1.82, 2.24) is 4.90 Å². The molecule has 1 aliphatic heterocycles. The molecule has 0 bridgehead atoms. The van der Waals surface area contributed by atoms with Gasteiger partial charge >= 0.3 is 0 Å². The van der Waals surface area contributed by atoms with Gasteiger partial charge in [-0.15, -0.1) is 0 Å². The molecule has 0 aromatic heterocycles. The van der Waals surface area contributed by atoms with E-state index < -0.39 is 23.8 Å². The van der Waals surface area contributed by atoms with Crippen LogP contribution in [-0.4, -0.2) is 29.9 Å². The van der Waals surface area contributed by atoms with Crippen LogP contribution in [0.3, 0.4) is 0 Å². The highest BCUT2D eigenvalue weighted by Crippen LogP contribution is 2.39. The number of nitrogens with zero attached hydrogens (tertiary/aromatic N) is 1. The van der Waals surface area contributed by atoms with Crippen molar-refractivity contribution in [2.45, 2.75) is 25.6 Å². The van der Waals surface area contributed by atoms with Crippen molar-refractivity contribution in [1.29, 1.82) is 0 Å². The monoisotopic (exact) mass is 452 g/mol. The molecule has 0 saturated carbocycles. The van der Waals surface area contributed by atoms with Crippen LogP contribution in [0.25, 0.3) is 0 Å². The molecule has 4 rings (SSSR count). The van der Waals surface area contributed by atoms with Crippen molar-refractivity contribution in [3.8, 4) is 11.5 Å². The van der Waals surface area contributed by atoms with Gasteiger partial charge in [0.2, 0.25) is 12.0 Å². The number of methoxy groups -OCH3 is 1. The molecule has 33 heavy (non-hydrogen) atoms. The maximum absolute atomic E-state index is 14.0. The number of anilines is 1. The number of halogens is 2. The molecule has 0 aliphatic carbocycles. The lowest BCUT2D eigenvalue weighted by molar-refractivity contribution is -0.165. The normalized spacial score (nSPS) is 17.3. The van der Waals surface area contributed by atoms with Crippen molar-refractivity contribution >= 4 is 17.5 Å². The number of hydrogen-bond donors (Lipinski definition) is 1. The van der Waals surface area contributed by atoms with E-state index in [9.17, 15) is 18.4 Å². The number of ether oxygens (including phenoxy) is 2. The third-order valence-corrected chi connectivity index (χ3v) is 5.36. The smallest absolute Gasteiger partial charge is 0.267 e. The quantitative estimate of drug-likeness (QED) is 0.538. The van der Waals surface area contributed by atoms with Crippen LogP contribution in [0.5, 0.6) is 11.5 Å². The van der Waals surface area contributed by atoms with Gasteiger partial charge in [0.15, 0.2) is 11.6 Å². The molecular weight excluding hydrogens is 430 g/mol. The first kappa shape index (κ1) is 22.3. The molecule has 1 aliphatic rings. The second-order valence-electron chi connectivity index (χ2n) is 7.68. The Morgan fingerprint density at radius 2 is 1.73 bits per heavy atom. The van der Waals surface area contributed by atoms with Gasteiger partial charge in [0.05, 0.1) is 7.11 Å². The minimum atomic E-state index is -0.998. The average molecular weight is 452 g/mol. The van der Waals surface area contributed by atoms with E-state index in [1.165, 1.54) is 17.9 Å². The highest BCUT2D eigenvalue weighted by atomic mass is 19.2. The van der Waals surface area contributed by atoms with E-state index in [-0.39, 0.29) is 18.4 Å². The molecule has 1 N–H and O–H groups in total. The van der Waals surface area contributed by atoms with Crippen LogP contribution in [0, 0.1) is 11.6 Å². The summed E-state index contributed by atoms with van der Waals surface area (Å²) in [5.41, 5.74) is 1.79. The van der Waals surface area contributed by atoms with Gasteiger partial charge in [-0.1, -0.05) is 18.2 Å². The summed E-state index contributed by atoms with van der Waals surface area (Å²) in [5, 5.41) is 2.70. The lowest BCUT2D eigenvalue weighted by Gasteiger charge is -2.47. The maximum Gasteiger partial charge on any atom is 0.267 e. The lowest BCUT2D eigenvalue weighted by atomic mass is 9.89.